The number of methoxy groups -OCH3 is 1. The second-order valence-corrected chi connectivity index (χ2v) is 8.11. The van der Waals surface area contributed by atoms with Crippen LogP contribution in [0.1, 0.15) is 23.2 Å². The van der Waals surface area contributed by atoms with Crippen LogP contribution in [0.15, 0.2) is 43.1 Å². The highest BCUT2D eigenvalue weighted by Crippen LogP contribution is 2.26. The van der Waals surface area contributed by atoms with Gasteiger partial charge >= 0.3 is 0 Å². The maximum atomic E-state index is 13.1. The van der Waals surface area contributed by atoms with Crippen molar-refractivity contribution in [3.63, 3.8) is 0 Å². The van der Waals surface area contributed by atoms with E-state index in [-0.39, 0.29) is 12.5 Å². The average Bonchev–Trinajstić information content (AvgIpc) is 3.19. The number of carbonyl (C=O) groups excluding carboxylic acids is 1. The summed E-state index contributed by atoms with van der Waals surface area (Å²) in [6.45, 7) is 2.75. The maximum Gasteiger partial charge on any atom is 0.253 e. The minimum absolute atomic E-state index is 0.140. The number of benzene rings is 1. The van der Waals surface area contributed by atoms with Gasteiger partial charge in [-0.3, -0.25) is 9.78 Å². The SMILES string of the molecule is COCCn1cnc2cc(C(=O)N(C)CC3(O)CCCN(c4cnccn4)C3)ccc21. The van der Waals surface area contributed by atoms with Crippen LogP contribution in [0.4, 0.5) is 5.82 Å². The van der Waals surface area contributed by atoms with Crippen LogP contribution in [0.25, 0.3) is 11.0 Å². The molecule has 2 aromatic heterocycles. The normalized spacial score (nSPS) is 19.0. The van der Waals surface area contributed by atoms with Crippen molar-refractivity contribution in [3.8, 4) is 0 Å². The lowest BCUT2D eigenvalue weighted by atomic mass is 9.92. The lowest BCUT2D eigenvalue weighted by molar-refractivity contribution is -0.000140. The van der Waals surface area contributed by atoms with Crippen LogP contribution in [0, 0.1) is 0 Å². The van der Waals surface area contributed by atoms with Crippen molar-refractivity contribution >= 4 is 22.8 Å². The Morgan fingerprint density at radius 1 is 1.32 bits per heavy atom. The number of hydrogen-bond acceptors (Lipinski definition) is 7. The van der Waals surface area contributed by atoms with Gasteiger partial charge in [-0.15, -0.1) is 0 Å². The summed E-state index contributed by atoms with van der Waals surface area (Å²) < 4.78 is 7.13. The fraction of sp³-hybridized carbons (Fsp3) is 0.455. The lowest BCUT2D eigenvalue weighted by Gasteiger charge is -2.41. The number of anilines is 1. The standard InChI is InChI=1S/C22H28N6O3/c1-26(14-22(30)6-3-9-27(15-22)20-13-23-7-8-24-20)21(29)17-4-5-19-18(12-17)25-16-28(19)10-11-31-2/h4-5,7-8,12-13,16,30H,3,6,9-11,14-15H2,1-2H3. The van der Waals surface area contributed by atoms with Gasteiger partial charge in [0.2, 0.25) is 0 Å². The Kier molecular flexibility index (Phi) is 6.15. The van der Waals surface area contributed by atoms with Crippen LogP contribution < -0.4 is 4.90 Å². The van der Waals surface area contributed by atoms with E-state index in [2.05, 4.69) is 15.0 Å². The number of hydrogen-bond donors (Lipinski definition) is 1. The highest BCUT2D eigenvalue weighted by atomic mass is 16.5. The number of nitrogens with zero attached hydrogens (tertiary/aromatic N) is 6. The average molecular weight is 425 g/mol. The Labute approximate surface area is 181 Å². The molecule has 3 heterocycles. The van der Waals surface area contributed by atoms with E-state index in [4.69, 9.17) is 4.74 Å². The second-order valence-electron chi connectivity index (χ2n) is 8.11. The van der Waals surface area contributed by atoms with Crippen LogP contribution >= 0.6 is 0 Å². The van der Waals surface area contributed by atoms with Crippen molar-refractivity contribution in [1.82, 2.24) is 24.4 Å². The number of aromatic nitrogens is 4. The number of amides is 1. The molecule has 3 aromatic rings. The molecule has 0 bridgehead atoms. The van der Waals surface area contributed by atoms with Crippen LogP contribution in [0.5, 0.6) is 0 Å². The van der Waals surface area contributed by atoms with E-state index in [0.717, 1.165) is 29.8 Å². The molecule has 0 saturated carbocycles. The van der Waals surface area contributed by atoms with E-state index in [1.54, 1.807) is 50.0 Å². The first kappa shape index (κ1) is 21.2. The summed E-state index contributed by atoms with van der Waals surface area (Å²) in [7, 11) is 3.39. The minimum atomic E-state index is -1.01. The summed E-state index contributed by atoms with van der Waals surface area (Å²) in [5.41, 5.74) is 1.27. The number of aliphatic hydroxyl groups is 1. The summed E-state index contributed by atoms with van der Waals surface area (Å²) in [5.74, 6) is 0.600. The van der Waals surface area contributed by atoms with E-state index in [0.29, 0.717) is 31.7 Å². The van der Waals surface area contributed by atoms with Crippen molar-refractivity contribution in [2.45, 2.75) is 25.0 Å². The molecule has 1 N–H and O–H groups in total. The number of carbonyl (C=O) groups is 1. The molecule has 1 aromatic carbocycles. The zero-order valence-electron chi connectivity index (χ0n) is 17.9. The van der Waals surface area contributed by atoms with Gasteiger partial charge < -0.3 is 24.2 Å². The summed E-state index contributed by atoms with van der Waals surface area (Å²) >= 11 is 0. The molecule has 4 rings (SSSR count). The molecular weight excluding hydrogens is 396 g/mol. The molecule has 0 radical (unpaired) electrons. The van der Waals surface area contributed by atoms with Crippen molar-refractivity contribution in [3.05, 3.63) is 48.7 Å². The van der Waals surface area contributed by atoms with Gasteiger partial charge in [-0.1, -0.05) is 0 Å². The molecule has 1 saturated heterocycles. The van der Waals surface area contributed by atoms with E-state index in [1.165, 1.54) is 0 Å². The van der Waals surface area contributed by atoms with Crippen LogP contribution in [0.2, 0.25) is 0 Å². The molecule has 1 aliphatic rings. The molecular formula is C22H28N6O3. The minimum Gasteiger partial charge on any atom is -0.386 e. The van der Waals surface area contributed by atoms with Gasteiger partial charge in [-0.25, -0.2) is 9.97 Å². The second kappa shape index (κ2) is 8.99. The molecule has 0 aliphatic carbocycles. The topological polar surface area (TPSA) is 96.6 Å². The third kappa shape index (κ3) is 4.67. The number of fused-ring (bicyclic) bond motifs is 1. The molecule has 1 unspecified atom stereocenters. The smallest absolute Gasteiger partial charge is 0.253 e. The third-order valence-electron chi connectivity index (χ3n) is 5.71. The first-order valence-electron chi connectivity index (χ1n) is 10.4. The molecule has 1 fully saturated rings. The number of β-amino-alcohol motifs (C(OH)–C–C–N with tert-alkyl or cyclic N) is 1. The van der Waals surface area contributed by atoms with Gasteiger partial charge in [-0.2, -0.15) is 0 Å². The van der Waals surface area contributed by atoms with Gasteiger partial charge in [0.05, 0.1) is 42.3 Å². The van der Waals surface area contributed by atoms with E-state index >= 15 is 0 Å². The van der Waals surface area contributed by atoms with Gasteiger partial charge in [-0.05, 0) is 31.0 Å². The predicted octanol–water partition coefficient (Wildman–Crippen LogP) is 1.58. The molecule has 1 atom stereocenters. The van der Waals surface area contributed by atoms with Gasteiger partial charge in [0.25, 0.3) is 5.91 Å². The fourth-order valence-electron chi connectivity index (χ4n) is 4.19. The zero-order valence-corrected chi connectivity index (χ0v) is 17.9. The van der Waals surface area contributed by atoms with E-state index < -0.39 is 5.60 Å². The number of likely N-dealkylation sites (N-methyl/N-ethyl adjacent to an activating group) is 1. The van der Waals surface area contributed by atoms with Gasteiger partial charge in [0, 0.05) is 51.7 Å². The number of rotatable bonds is 7. The molecule has 9 nitrogen and oxygen atoms in total. The number of piperidine rings is 1. The van der Waals surface area contributed by atoms with Crippen LogP contribution in [-0.2, 0) is 11.3 Å². The summed E-state index contributed by atoms with van der Waals surface area (Å²) in [6, 6.07) is 5.52. The third-order valence-corrected chi connectivity index (χ3v) is 5.71. The van der Waals surface area contributed by atoms with Gasteiger partial charge in [0.1, 0.15) is 5.82 Å². The molecule has 1 amide bonds. The van der Waals surface area contributed by atoms with E-state index in [1.807, 2.05) is 21.6 Å². The monoisotopic (exact) mass is 424 g/mol. The van der Waals surface area contributed by atoms with Gasteiger partial charge in [0.15, 0.2) is 0 Å². The quantitative estimate of drug-likeness (QED) is 0.615. The first-order chi connectivity index (χ1) is 15.0. The Bertz CT molecular complexity index is 1040. The van der Waals surface area contributed by atoms with Crippen molar-refractivity contribution in [1.29, 1.82) is 0 Å². The maximum absolute atomic E-state index is 13.1. The number of ether oxygens (including phenoxy) is 1. The summed E-state index contributed by atoms with van der Waals surface area (Å²) in [4.78, 5) is 29.5. The zero-order chi connectivity index (χ0) is 21.8. The Morgan fingerprint density at radius 2 is 2.19 bits per heavy atom. The van der Waals surface area contributed by atoms with Crippen LogP contribution in [0.3, 0.4) is 0 Å². The molecule has 9 heteroatoms. The molecule has 1 aliphatic heterocycles. The van der Waals surface area contributed by atoms with Crippen molar-refractivity contribution < 1.29 is 14.6 Å². The molecule has 164 valence electrons. The Morgan fingerprint density at radius 3 is 2.97 bits per heavy atom. The summed E-state index contributed by atoms with van der Waals surface area (Å²) in [6.07, 6.45) is 8.17. The van der Waals surface area contributed by atoms with Crippen molar-refractivity contribution in [2.24, 2.45) is 0 Å². The van der Waals surface area contributed by atoms with Crippen molar-refractivity contribution in [2.75, 3.05) is 45.3 Å². The number of imidazole rings is 1. The Balaban J connectivity index is 1.45. The predicted molar refractivity (Wildman–Crippen MR) is 117 cm³/mol. The highest BCUT2D eigenvalue weighted by Gasteiger charge is 2.36. The van der Waals surface area contributed by atoms with Crippen LogP contribution in [-0.4, -0.2) is 81.4 Å². The highest BCUT2D eigenvalue weighted by molar-refractivity contribution is 5.97. The lowest BCUT2D eigenvalue weighted by Crippen LogP contribution is -2.54. The molecule has 0 spiro atoms. The Hall–Kier alpha value is -3.04. The summed E-state index contributed by atoms with van der Waals surface area (Å²) in [5, 5.41) is 11.2. The molecule has 31 heavy (non-hydrogen) atoms. The largest absolute Gasteiger partial charge is 0.386 e. The fourth-order valence-corrected chi connectivity index (χ4v) is 4.19. The first-order valence-corrected chi connectivity index (χ1v) is 10.4. The van der Waals surface area contributed by atoms with E-state index in [9.17, 15) is 9.90 Å².